The molecule has 9 heteroatoms. The molecule has 0 amide bonds. The van der Waals surface area contributed by atoms with Crippen molar-refractivity contribution >= 4 is 35.5 Å². The van der Waals surface area contributed by atoms with Gasteiger partial charge in [0, 0.05) is 17.9 Å². The van der Waals surface area contributed by atoms with Gasteiger partial charge in [0.25, 0.3) is 0 Å². The van der Waals surface area contributed by atoms with E-state index in [0.29, 0.717) is 5.75 Å². The van der Waals surface area contributed by atoms with Crippen LogP contribution < -0.4 is 0 Å². The Morgan fingerprint density at radius 1 is 0.824 bits per heavy atom. The van der Waals surface area contributed by atoms with Crippen LogP contribution in [-0.4, -0.2) is 61.2 Å². The maximum absolute atomic E-state index is 12.4. The highest BCUT2D eigenvalue weighted by Gasteiger charge is 2.41. The van der Waals surface area contributed by atoms with Gasteiger partial charge in [0.2, 0.25) is 0 Å². The molecule has 0 aliphatic carbocycles. The van der Waals surface area contributed by atoms with Crippen LogP contribution in [0.3, 0.4) is 0 Å². The van der Waals surface area contributed by atoms with Crippen LogP contribution in [0.4, 0.5) is 0 Å². The number of hydrogen-bond donors (Lipinski definition) is 4. The van der Waals surface area contributed by atoms with Gasteiger partial charge in [-0.15, -0.1) is 0 Å². The van der Waals surface area contributed by atoms with Crippen LogP contribution in [-0.2, 0) is 19.2 Å². The van der Waals surface area contributed by atoms with Gasteiger partial charge < -0.3 is 20.4 Å². The summed E-state index contributed by atoms with van der Waals surface area (Å²) in [5.41, 5.74) is 1.19. The Balaban J connectivity index is 4.71. The third-order valence-electron chi connectivity index (χ3n) is 5.18. The Hall–Kier alpha value is -2.39. The van der Waals surface area contributed by atoms with E-state index in [4.69, 9.17) is 10.2 Å². The van der Waals surface area contributed by atoms with E-state index in [2.05, 4.69) is 32.9 Å². The molecule has 1 unspecified atom stereocenters. The van der Waals surface area contributed by atoms with Crippen molar-refractivity contribution in [3.8, 4) is 0 Å². The molecule has 0 rings (SSSR count). The summed E-state index contributed by atoms with van der Waals surface area (Å²) < 4.78 is 0. The lowest BCUT2D eigenvalue weighted by Gasteiger charge is -2.24. The van der Waals surface area contributed by atoms with Crippen molar-refractivity contribution in [2.75, 3.05) is 11.5 Å². The maximum atomic E-state index is 12.4. The minimum Gasteiger partial charge on any atom is -0.481 e. The molecule has 0 fully saturated rings. The molecule has 0 aliphatic rings. The molecular weight excluding hydrogens is 460 g/mol. The third kappa shape index (κ3) is 14.7. The fourth-order valence-electron chi connectivity index (χ4n) is 3.14. The summed E-state index contributed by atoms with van der Waals surface area (Å²) in [6, 6.07) is 0. The number of ketones is 1. The molecule has 34 heavy (non-hydrogen) atoms. The first-order chi connectivity index (χ1) is 15.8. The van der Waals surface area contributed by atoms with E-state index in [9.17, 15) is 29.4 Å². The number of carbonyl (C=O) groups excluding carboxylic acids is 1. The Labute approximate surface area is 205 Å². The molecule has 192 valence electrons. The highest BCUT2D eigenvalue weighted by Crippen LogP contribution is 2.24. The lowest BCUT2D eigenvalue weighted by molar-refractivity contribution is -0.159. The SMILES string of the molecule is CC(C)=CCC/C(C)=C/CC/C(C)=C/CSCC(CC(=O)C(O)(CC(=O)O)CC(=O)O)C(=O)O. The molecule has 4 N–H and O–H groups in total. The Morgan fingerprint density at radius 3 is 1.79 bits per heavy atom. The predicted molar refractivity (Wildman–Crippen MR) is 133 cm³/mol. The van der Waals surface area contributed by atoms with E-state index in [-0.39, 0.29) is 5.75 Å². The zero-order chi connectivity index (χ0) is 26.3. The minimum atomic E-state index is -2.64. The summed E-state index contributed by atoms with van der Waals surface area (Å²) in [5.74, 6) is -5.99. The number of thioether (sulfide) groups is 1. The quantitative estimate of drug-likeness (QED) is 0.158. The van der Waals surface area contributed by atoms with Crippen molar-refractivity contribution in [1.82, 2.24) is 0 Å². The fourth-order valence-corrected chi connectivity index (χ4v) is 4.23. The van der Waals surface area contributed by atoms with Crippen molar-refractivity contribution < 1.29 is 39.6 Å². The van der Waals surface area contributed by atoms with E-state index >= 15 is 0 Å². The number of hydrogen-bond acceptors (Lipinski definition) is 6. The standard InChI is InChI=1S/C25H38O8S/c1-17(2)7-5-8-18(3)9-6-10-19(4)11-12-34-16-20(24(31)32)13-21(26)25(33,14-22(27)28)15-23(29)30/h7,9,11,20,33H,5-6,8,10,12-16H2,1-4H3,(H,27,28)(H,29,30)(H,31,32)/b18-9+,19-11+. The number of carbonyl (C=O) groups is 4. The summed E-state index contributed by atoms with van der Waals surface area (Å²) in [6.07, 6.45) is 7.50. The lowest BCUT2D eigenvalue weighted by atomic mass is 9.86. The second-order valence-corrected chi connectivity index (χ2v) is 9.91. The Kier molecular flexibility index (Phi) is 15.1. The van der Waals surface area contributed by atoms with Crippen LogP contribution in [0, 0.1) is 5.92 Å². The van der Waals surface area contributed by atoms with Crippen LogP contribution in [0.15, 0.2) is 34.9 Å². The molecular formula is C25H38O8S. The highest BCUT2D eigenvalue weighted by atomic mass is 32.2. The van der Waals surface area contributed by atoms with Gasteiger partial charge in [-0.1, -0.05) is 34.9 Å². The van der Waals surface area contributed by atoms with Crippen molar-refractivity contribution in [2.45, 2.75) is 78.2 Å². The first-order valence-electron chi connectivity index (χ1n) is 11.2. The summed E-state index contributed by atoms with van der Waals surface area (Å²) >= 11 is 1.31. The summed E-state index contributed by atoms with van der Waals surface area (Å²) in [7, 11) is 0. The minimum absolute atomic E-state index is 0.0739. The van der Waals surface area contributed by atoms with Crippen LogP contribution >= 0.6 is 11.8 Å². The molecule has 1 atom stereocenters. The molecule has 0 saturated carbocycles. The van der Waals surface area contributed by atoms with E-state index in [1.54, 1.807) is 0 Å². The van der Waals surface area contributed by atoms with Crippen LogP contribution in [0.5, 0.6) is 0 Å². The second-order valence-electron chi connectivity index (χ2n) is 8.83. The van der Waals surface area contributed by atoms with E-state index < -0.39 is 54.5 Å². The topological polar surface area (TPSA) is 149 Å². The molecule has 0 spiro atoms. The maximum Gasteiger partial charge on any atom is 0.307 e. The van der Waals surface area contributed by atoms with Gasteiger partial charge in [0.1, 0.15) is 5.60 Å². The number of carboxylic acids is 3. The van der Waals surface area contributed by atoms with Crippen LogP contribution in [0.25, 0.3) is 0 Å². The predicted octanol–water partition coefficient (Wildman–Crippen LogP) is 4.48. The van der Waals surface area contributed by atoms with Gasteiger partial charge in [-0.25, -0.2) is 0 Å². The fraction of sp³-hybridized carbons (Fsp3) is 0.600. The molecule has 8 nitrogen and oxygen atoms in total. The summed E-state index contributed by atoms with van der Waals surface area (Å²) in [4.78, 5) is 45.8. The average molecular weight is 499 g/mol. The largest absolute Gasteiger partial charge is 0.481 e. The van der Waals surface area contributed by atoms with Crippen molar-refractivity contribution in [3.05, 3.63) is 34.9 Å². The zero-order valence-corrected chi connectivity index (χ0v) is 21.3. The number of rotatable bonds is 18. The molecule has 0 bridgehead atoms. The molecule has 0 aromatic carbocycles. The Bertz CT molecular complexity index is 790. The van der Waals surface area contributed by atoms with Gasteiger partial charge in [-0.3, -0.25) is 19.2 Å². The molecule has 0 aromatic heterocycles. The van der Waals surface area contributed by atoms with Gasteiger partial charge in [-0.2, -0.15) is 11.8 Å². The monoisotopic (exact) mass is 498 g/mol. The molecule has 0 radical (unpaired) electrons. The lowest BCUT2D eigenvalue weighted by Crippen LogP contribution is -2.44. The number of carboxylic acid groups (broad SMARTS) is 3. The first kappa shape index (κ1) is 31.6. The molecule has 0 aromatic rings. The number of Topliss-reactive ketones (excluding diaryl/α,β-unsaturated/α-hetero) is 1. The van der Waals surface area contributed by atoms with Crippen LogP contribution in [0.2, 0.25) is 0 Å². The summed E-state index contributed by atoms with van der Waals surface area (Å²) in [5, 5.41) is 37.5. The third-order valence-corrected chi connectivity index (χ3v) is 6.22. The molecule has 0 aliphatic heterocycles. The molecule has 0 heterocycles. The van der Waals surface area contributed by atoms with Crippen molar-refractivity contribution in [2.24, 2.45) is 5.92 Å². The number of aliphatic carboxylic acids is 3. The van der Waals surface area contributed by atoms with Crippen molar-refractivity contribution in [1.29, 1.82) is 0 Å². The van der Waals surface area contributed by atoms with E-state index in [1.807, 2.05) is 13.0 Å². The van der Waals surface area contributed by atoms with E-state index in [0.717, 1.165) is 25.7 Å². The Morgan fingerprint density at radius 2 is 1.32 bits per heavy atom. The van der Waals surface area contributed by atoms with Gasteiger partial charge in [0.05, 0.1) is 18.8 Å². The average Bonchev–Trinajstić information content (AvgIpc) is 2.68. The molecule has 0 saturated heterocycles. The normalized spacial score (nSPS) is 13.3. The van der Waals surface area contributed by atoms with E-state index in [1.165, 1.54) is 28.5 Å². The summed E-state index contributed by atoms with van der Waals surface area (Å²) in [6.45, 7) is 8.29. The van der Waals surface area contributed by atoms with Gasteiger partial charge >= 0.3 is 17.9 Å². The second kappa shape index (κ2) is 16.3. The first-order valence-corrected chi connectivity index (χ1v) is 12.4. The highest BCUT2D eigenvalue weighted by molar-refractivity contribution is 7.99. The van der Waals surface area contributed by atoms with Crippen LogP contribution in [0.1, 0.15) is 72.6 Å². The smallest absolute Gasteiger partial charge is 0.307 e. The number of aliphatic hydroxyl groups is 1. The van der Waals surface area contributed by atoms with Gasteiger partial charge in [0.15, 0.2) is 5.78 Å². The van der Waals surface area contributed by atoms with Crippen molar-refractivity contribution in [3.63, 3.8) is 0 Å². The number of allylic oxidation sites excluding steroid dienone is 5. The van der Waals surface area contributed by atoms with Gasteiger partial charge in [-0.05, 0) is 53.4 Å². The zero-order valence-electron chi connectivity index (χ0n) is 20.5.